The van der Waals surface area contributed by atoms with Gasteiger partial charge in [0, 0.05) is 24.0 Å². The van der Waals surface area contributed by atoms with Crippen LogP contribution >= 0.6 is 0 Å². The van der Waals surface area contributed by atoms with Gasteiger partial charge in [-0.25, -0.2) is 9.59 Å². The Morgan fingerprint density at radius 1 is 0.938 bits per heavy atom. The summed E-state index contributed by atoms with van der Waals surface area (Å²) in [5.41, 5.74) is 1.56. The first-order valence-corrected chi connectivity index (χ1v) is 15.0. The van der Waals surface area contributed by atoms with Crippen molar-refractivity contribution in [1.82, 2.24) is 0 Å². The smallest absolute Gasteiger partial charge is 0.337 e. The predicted octanol–water partition coefficient (Wildman–Crippen LogP) is 0.897. The topological polar surface area (TPSA) is 208 Å². The Morgan fingerprint density at radius 2 is 1.67 bits per heavy atom. The first kappa shape index (κ1) is 36.3. The van der Waals surface area contributed by atoms with E-state index in [2.05, 4.69) is 0 Å². The molecule has 2 aliphatic rings. The fourth-order valence-electron chi connectivity index (χ4n) is 4.99. The molecule has 0 saturated carbocycles. The second-order valence-corrected chi connectivity index (χ2v) is 10.8. The van der Waals surface area contributed by atoms with Crippen molar-refractivity contribution < 1.29 is 68.3 Å². The average Bonchev–Trinajstić information content (AvgIpc) is 3.09. The highest BCUT2D eigenvalue weighted by Crippen LogP contribution is 2.36. The van der Waals surface area contributed by atoms with E-state index in [4.69, 9.17) is 28.4 Å². The Morgan fingerprint density at radius 3 is 2.35 bits per heavy atom. The molecule has 0 unspecified atom stereocenters. The average molecular weight is 671 g/mol. The van der Waals surface area contributed by atoms with Crippen LogP contribution in [0.5, 0.6) is 5.75 Å². The molecule has 14 heteroatoms. The van der Waals surface area contributed by atoms with Crippen LogP contribution in [0.3, 0.4) is 0 Å². The van der Waals surface area contributed by atoms with Crippen molar-refractivity contribution >= 4 is 24.0 Å². The number of hydrogen-bond donors (Lipinski definition) is 5. The largest absolute Gasteiger partial charge is 0.508 e. The molecule has 2 aromatic carbocycles. The van der Waals surface area contributed by atoms with Gasteiger partial charge in [0.15, 0.2) is 6.29 Å². The molecule has 258 valence electrons. The fraction of sp³-hybridized carbons (Fsp3) is 0.382. The van der Waals surface area contributed by atoms with Gasteiger partial charge in [0.05, 0.1) is 38.6 Å². The molecule has 48 heavy (non-hydrogen) atoms. The number of methoxy groups -OCH3 is 1. The minimum Gasteiger partial charge on any atom is -0.508 e. The van der Waals surface area contributed by atoms with E-state index in [0.717, 1.165) is 24.5 Å². The van der Waals surface area contributed by atoms with Crippen molar-refractivity contribution in [3.8, 4) is 5.75 Å². The molecule has 2 aliphatic heterocycles. The third-order valence-electron chi connectivity index (χ3n) is 7.61. The monoisotopic (exact) mass is 670 g/mol. The molecule has 4 rings (SSSR count). The summed E-state index contributed by atoms with van der Waals surface area (Å²) in [4.78, 5) is 38.3. The standard InChI is InChI=1S/C34H38O14/c1-43-32(42)25-19-46-33(48-34-31(41)30(40)29(39)26(18-35)47-34)23(14-16-44-27(37)12-9-20-5-3-2-4-6-20)24(25)17-28(38)45-15-13-21-7-10-22(36)11-8-21/h2-12,14,19,24,26,29-31,33-36,39-41H,13,15-18H2,1H3/t24-,26+,29+,30-,31+,33+,34+/m0/s1. The molecular weight excluding hydrogens is 632 g/mol. The van der Waals surface area contributed by atoms with Gasteiger partial charge in [-0.3, -0.25) is 4.79 Å². The summed E-state index contributed by atoms with van der Waals surface area (Å²) in [6, 6.07) is 15.4. The van der Waals surface area contributed by atoms with Crippen LogP contribution < -0.4 is 0 Å². The summed E-state index contributed by atoms with van der Waals surface area (Å²) in [5, 5.41) is 50.1. The molecule has 2 aromatic rings. The number of aliphatic hydroxyl groups excluding tert-OH is 4. The molecule has 0 radical (unpaired) electrons. The van der Waals surface area contributed by atoms with Crippen molar-refractivity contribution in [2.75, 3.05) is 26.9 Å². The predicted molar refractivity (Wildman–Crippen MR) is 165 cm³/mol. The zero-order chi connectivity index (χ0) is 34.6. The number of phenols is 1. The zero-order valence-corrected chi connectivity index (χ0v) is 26.0. The van der Waals surface area contributed by atoms with Crippen molar-refractivity contribution in [2.24, 2.45) is 5.92 Å². The molecule has 2 heterocycles. The van der Waals surface area contributed by atoms with Crippen LogP contribution in [0.25, 0.3) is 6.08 Å². The van der Waals surface area contributed by atoms with Gasteiger partial charge in [-0.05, 0) is 35.4 Å². The van der Waals surface area contributed by atoms with Crippen LogP contribution in [0.15, 0.2) is 84.2 Å². The third-order valence-corrected chi connectivity index (χ3v) is 7.61. The van der Waals surface area contributed by atoms with Crippen LogP contribution in [0.1, 0.15) is 17.5 Å². The van der Waals surface area contributed by atoms with E-state index in [0.29, 0.717) is 6.42 Å². The minimum atomic E-state index is -1.79. The lowest BCUT2D eigenvalue weighted by Gasteiger charge is -2.42. The fourth-order valence-corrected chi connectivity index (χ4v) is 4.99. The molecule has 0 spiro atoms. The summed E-state index contributed by atoms with van der Waals surface area (Å²) in [6.45, 7) is -1.10. The molecule has 0 aliphatic carbocycles. The molecule has 5 N–H and O–H groups in total. The maximum absolute atomic E-state index is 13.1. The Bertz CT molecular complexity index is 1470. The summed E-state index contributed by atoms with van der Waals surface area (Å²) >= 11 is 0. The van der Waals surface area contributed by atoms with E-state index >= 15 is 0 Å². The number of carbonyl (C=O) groups is 3. The number of aliphatic hydroxyl groups is 4. The molecule has 0 amide bonds. The van der Waals surface area contributed by atoms with Crippen LogP contribution in [0.2, 0.25) is 0 Å². The molecule has 0 bridgehead atoms. The molecule has 7 atom stereocenters. The van der Waals surface area contributed by atoms with Gasteiger partial charge in [-0.15, -0.1) is 0 Å². The van der Waals surface area contributed by atoms with Crippen LogP contribution in [0.4, 0.5) is 0 Å². The van der Waals surface area contributed by atoms with Gasteiger partial charge in [-0.1, -0.05) is 42.5 Å². The van der Waals surface area contributed by atoms with Gasteiger partial charge in [-0.2, -0.15) is 0 Å². The molecule has 0 aromatic heterocycles. The van der Waals surface area contributed by atoms with Gasteiger partial charge in [0.2, 0.25) is 6.29 Å². The lowest BCUT2D eigenvalue weighted by Crippen LogP contribution is -2.60. The first-order chi connectivity index (χ1) is 23.1. The van der Waals surface area contributed by atoms with Crippen molar-refractivity contribution in [3.05, 3.63) is 95.3 Å². The number of aromatic hydroxyl groups is 1. The van der Waals surface area contributed by atoms with E-state index in [1.54, 1.807) is 42.5 Å². The van der Waals surface area contributed by atoms with Crippen LogP contribution in [-0.4, -0.2) is 107 Å². The number of rotatable bonds is 13. The Kier molecular flexibility index (Phi) is 13.3. The van der Waals surface area contributed by atoms with E-state index in [9.17, 15) is 39.9 Å². The highest BCUT2D eigenvalue weighted by molar-refractivity contribution is 5.91. The molecular formula is C34H38O14. The summed E-state index contributed by atoms with van der Waals surface area (Å²) in [7, 11) is 1.14. The summed E-state index contributed by atoms with van der Waals surface area (Å²) in [5.74, 6) is -3.25. The van der Waals surface area contributed by atoms with Crippen molar-refractivity contribution in [3.63, 3.8) is 0 Å². The highest BCUT2D eigenvalue weighted by atomic mass is 16.8. The van der Waals surface area contributed by atoms with Gasteiger partial charge >= 0.3 is 17.9 Å². The number of carbonyl (C=O) groups excluding carboxylic acids is 3. The maximum Gasteiger partial charge on any atom is 0.337 e. The van der Waals surface area contributed by atoms with Crippen molar-refractivity contribution in [1.29, 1.82) is 0 Å². The van der Waals surface area contributed by atoms with Crippen LogP contribution in [0, 0.1) is 5.92 Å². The second-order valence-electron chi connectivity index (χ2n) is 10.8. The molecule has 1 saturated heterocycles. The first-order valence-electron chi connectivity index (χ1n) is 15.0. The minimum absolute atomic E-state index is 0.0146. The van der Waals surface area contributed by atoms with E-state index in [1.807, 2.05) is 6.07 Å². The van der Waals surface area contributed by atoms with E-state index in [1.165, 1.54) is 24.3 Å². The lowest BCUT2D eigenvalue weighted by molar-refractivity contribution is -0.327. The number of esters is 3. The van der Waals surface area contributed by atoms with Crippen LogP contribution in [-0.2, 0) is 49.2 Å². The number of hydrogen-bond acceptors (Lipinski definition) is 14. The Labute approximate surface area is 276 Å². The SMILES string of the molecule is COC(=O)C1=CO[C@H](O[C@H]2O[C@H](CO)[C@@H](O)[C@H](O)[C@H]2O)C(=CCOC(=O)C=Cc2ccccc2)[C@@H]1CC(=O)OCCc1ccc(O)cc1. The third kappa shape index (κ3) is 9.73. The summed E-state index contributed by atoms with van der Waals surface area (Å²) in [6.07, 6.45) is -4.53. The quantitative estimate of drug-likeness (QED) is 0.0869. The Balaban J connectivity index is 1.55. The van der Waals surface area contributed by atoms with Gasteiger partial charge < -0.3 is 54.0 Å². The van der Waals surface area contributed by atoms with Gasteiger partial charge in [0.25, 0.3) is 0 Å². The van der Waals surface area contributed by atoms with Gasteiger partial charge in [0.1, 0.15) is 36.8 Å². The maximum atomic E-state index is 13.1. The lowest BCUT2D eigenvalue weighted by atomic mass is 9.86. The summed E-state index contributed by atoms with van der Waals surface area (Å²) < 4.78 is 32.6. The number of benzene rings is 2. The highest BCUT2D eigenvalue weighted by Gasteiger charge is 2.47. The van der Waals surface area contributed by atoms with Crippen molar-refractivity contribution in [2.45, 2.75) is 49.8 Å². The zero-order valence-electron chi connectivity index (χ0n) is 26.0. The normalized spacial score (nSPS) is 26.4. The molecule has 1 fully saturated rings. The van der Waals surface area contributed by atoms with E-state index in [-0.39, 0.29) is 30.1 Å². The molecule has 14 nitrogen and oxygen atoms in total. The number of phenolic OH excluding ortho intramolecular Hbond substituents is 1. The Hall–Kier alpha value is -4.57. The van der Waals surface area contributed by atoms with E-state index < -0.39 is 73.8 Å². The number of ether oxygens (including phenoxy) is 6. The second kappa shape index (κ2) is 17.5.